The van der Waals surface area contributed by atoms with E-state index in [0.29, 0.717) is 24.3 Å². The predicted molar refractivity (Wildman–Crippen MR) is 95.0 cm³/mol. The van der Waals surface area contributed by atoms with Crippen molar-refractivity contribution in [1.29, 1.82) is 0 Å². The zero-order valence-electron chi connectivity index (χ0n) is 14.7. The highest BCUT2D eigenvalue weighted by atomic mass is 19.4. The number of hydrogen-bond donors (Lipinski definition) is 1. The van der Waals surface area contributed by atoms with Gasteiger partial charge in [0.1, 0.15) is 5.82 Å². The fourth-order valence-electron chi connectivity index (χ4n) is 3.31. The summed E-state index contributed by atoms with van der Waals surface area (Å²) in [5.41, 5.74) is 0.449. The lowest BCUT2D eigenvalue weighted by Crippen LogP contribution is -2.44. The van der Waals surface area contributed by atoms with E-state index in [2.05, 4.69) is 15.3 Å². The highest BCUT2D eigenvalue weighted by Gasteiger charge is 2.35. The van der Waals surface area contributed by atoms with E-state index in [1.54, 1.807) is 48.9 Å². The molecule has 2 atom stereocenters. The average molecular weight is 378 g/mol. The highest BCUT2D eigenvalue weighted by molar-refractivity contribution is 5.80. The minimum Gasteiger partial charge on any atom is -0.355 e. The summed E-state index contributed by atoms with van der Waals surface area (Å²) in [4.78, 5) is 22.9. The first kappa shape index (κ1) is 19.1. The summed E-state index contributed by atoms with van der Waals surface area (Å²) < 4.78 is 39.0. The molecule has 0 bridgehead atoms. The Morgan fingerprint density at radius 2 is 2.04 bits per heavy atom. The molecule has 0 saturated carbocycles. The van der Waals surface area contributed by atoms with Crippen LogP contribution in [0.3, 0.4) is 0 Å². The lowest BCUT2D eigenvalue weighted by molar-refractivity contribution is -0.143. The number of nitrogens with zero attached hydrogens (tertiary/aromatic N) is 3. The molecule has 2 aromatic rings. The monoisotopic (exact) mass is 378 g/mol. The van der Waals surface area contributed by atoms with Crippen LogP contribution in [0.2, 0.25) is 0 Å². The summed E-state index contributed by atoms with van der Waals surface area (Å²) in [7, 11) is 0. The molecule has 1 amide bonds. The number of piperidine rings is 1. The molecule has 8 heteroatoms. The van der Waals surface area contributed by atoms with Crippen molar-refractivity contribution in [3.05, 3.63) is 54.5 Å². The van der Waals surface area contributed by atoms with E-state index in [4.69, 9.17) is 0 Å². The Kier molecular flexibility index (Phi) is 5.93. The number of nitrogens with one attached hydrogen (secondary N) is 1. The zero-order valence-corrected chi connectivity index (χ0v) is 14.7. The van der Waals surface area contributed by atoms with E-state index in [1.165, 1.54) is 0 Å². The predicted octanol–water partition coefficient (Wildman–Crippen LogP) is 3.50. The molecule has 1 aliphatic rings. The molecule has 0 aliphatic carbocycles. The summed E-state index contributed by atoms with van der Waals surface area (Å²) in [5, 5.41) is 2.61. The van der Waals surface area contributed by atoms with Gasteiger partial charge in [0.2, 0.25) is 5.91 Å². The third kappa shape index (κ3) is 5.42. The van der Waals surface area contributed by atoms with E-state index in [9.17, 15) is 18.0 Å². The smallest absolute Gasteiger partial charge is 0.355 e. The second-order valence-corrected chi connectivity index (χ2v) is 6.64. The number of rotatable bonds is 5. The summed E-state index contributed by atoms with van der Waals surface area (Å²) in [6.45, 7) is 1.16. The van der Waals surface area contributed by atoms with E-state index < -0.39 is 18.6 Å². The molecule has 27 heavy (non-hydrogen) atoms. The normalized spacial score (nSPS) is 18.8. The second kappa shape index (κ2) is 8.37. The first-order valence-corrected chi connectivity index (χ1v) is 8.85. The molecule has 1 saturated heterocycles. The summed E-state index contributed by atoms with van der Waals surface area (Å²) >= 11 is 0. The van der Waals surface area contributed by atoms with Crippen molar-refractivity contribution in [2.75, 3.05) is 18.0 Å². The van der Waals surface area contributed by atoms with E-state index in [0.717, 1.165) is 13.0 Å². The van der Waals surface area contributed by atoms with Gasteiger partial charge in [0.25, 0.3) is 0 Å². The number of carbonyl (C=O) groups excluding carboxylic acids is 1. The number of halogens is 3. The van der Waals surface area contributed by atoms with Gasteiger partial charge in [-0.1, -0.05) is 30.3 Å². The van der Waals surface area contributed by atoms with Gasteiger partial charge >= 0.3 is 6.18 Å². The number of hydrogen-bond acceptors (Lipinski definition) is 4. The maximum absolute atomic E-state index is 13.0. The second-order valence-electron chi connectivity index (χ2n) is 6.64. The number of benzene rings is 1. The van der Waals surface area contributed by atoms with Crippen LogP contribution in [0.15, 0.2) is 48.9 Å². The zero-order chi connectivity index (χ0) is 19.3. The number of carbonyl (C=O) groups is 1. The van der Waals surface area contributed by atoms with Gasteiger partial charge in [-0.15, -0.1) is 0 Å². The standard InChI is InChI=1S/C19H21F3N4O/c20-19(21,22)11-16(14-5-2-1-3-6-14)25-18(27)15-7-4-10-26(13-15)17-12-23-8-9-24-17/h1-3,5-6,8-9,12,15-16H,4,7,10-11,13H2,(H,25,27)/t15-,16-/m0/s1. The molecule has 2 heterocycles. The van der Waals surface area contributed by atoms with Crippen LogP contribution in [0.25, 0.3) is 0 Å². The third-order valence-electron chi connectivity index (χ3n) is 4.62. The van der Waals surface area contributed by atoms with Crippen molar-refractivity contribution >= 4 is 11.7 Å². The molecule has 1 N–H and O–H groups in total. The van der Waals surface area contributed by atoms with E-state index in [-0.39, 0.29) is 11.8 Å². The van der Waals surface area contributed by atoms with Crippen LogP contribution in [0.1, 0.15) is 30.9 Å². The minimum atomic E-state index is -4.37. The molecule has 0 unspecified atom stereocenters. The Bertz CT molecular complexity index is 740. The number of alkyl halides is 3. The van der Waals surface area contributed by atoms with Crippen molar-refractivity contribution in [2.45, 2.75) is 31.5 Å². The van der Waals surface area contributed by atoms with E-state index in [1.807, 2.05) is 4.90 Å². The van der Waals surface area contributed by atoms with Crippen LogP contribution in [-0.4, -0.2) is 35.1 Å². The minimum absolute atomic E-state index is 0.360. The van der Waals surface area contributed by atoms with Crippen LogP contribution < -0.4 is 10.2 Å². The lowest BCUT2D eigenvalue weighted by atomic mass is 9.95. The van der Waals surface area contributed by atoms with Gasteiger partial charge in [0.05, 0.1) is 24.6 Å². The summed E-state index contributed by atoms with van der Waals surface area (Å²) in [6, 6.07) is 7.18. The van der Waals surface area contributed by atoms with Gasteiger partial charge in [-0.25, -0.2) is 4.98 Å². The Labute approximate surface area is 155 Å². The summed E-state index contributed by atoms with van der Waals surface area (Å²) in [5.74, 6) is -0.0770. The van der Waals surface area contributed by atoms with Gasteiger partial charge in [-0.3, -0.25) is 9.78 Å². The van der Waals surface area contributed by atoms with Crippen molar-refractivity contribution in [3.8, 4) is 0 Å². The first-order valence-electron chi connectivity index (χ1n) is 8.85. The van der Waals surface area contributed by atoms with Crippen molar-refractivity contribution < 1.29 is 18.0 Å². The van der Waals surface area contributed by atoms with Crippen LogP contribution in [0.4, 0.5) is 19.0 Å². The SMILES string of the molecule is O=C(N[C@@H](CC(F)(F)F)c1ccccc1)[C@H]1CCCN(c2cnccn2)C1. The molecule has 0 spiro atoms. The van der Waals surface area contributed by atoms with Gasteiger partial charge < -0.3 is 10.2 Å². The van der Waals surface area contributed by atoms with Crippen molar-refractivity contribution in [3.63, 3.8) is 0 Å². The van der Waals surface area contributed by atoms with Crippen LogP contribution in [-0.2, 0) is 4.79 Å². The number of aromatic nitrogens is 2. The fraction of sp³-hybridized carbons (Fsp3) is 0.421. The van der Waals surface area contributed by atoms with Gasteiger partial charge in [-0.2, -0.15) is 13.2 Å². The molecule has 1 aromatic carbocycles. The Morgan fingerprint density at radius 1 is 1.26 bits per heavy atom. The maximum Gasteiger partial charge on any atom is 0.391 e. The van der Waals surface area contributed by atoms with Gasteiger partial charge in [0.15, 0.2) is 0 Å². The largest absolute Gasteiger partial charge is 0.391 e. The van der Waals surface area contributed by atoms with Crippen molar-refractivity contribution in [1.82, 2.24) is 15.3 Å². The fourth-order valence-corrected chi connectivity index (χ4v) is 3.31. The Morgan fingerprint density at radius 3 is 2.70 bits per heavy atom. The molecule has 1 aliphatic heterocycles. The molecule has 3 rings (SSSR count). The molecule has 1 fully saturated rings. The number of anilines is 1. The summed E-state index contributed by atoms with van der Waals surface area (Å²) in [6.07, 6.45) is 0.707. The Hall–Kier alpha value is -2.64. The van der Waals surface area contributed by atoms with Gasteiger partial charge in [0, 0.05) is 25.5 Å². The molecule has 1 aromatic heterocycles. The van der Waals surface area contributed by atoms with Crippen molar-refractivity contribution in [2.24, 2.45) is 5.92 Å². The molecule has 144 valence electrons. The molecular weight excluding hydrogens is 357 g/mol. The highest BCUT2D eigenvalue weighted by Crippen LogP contribution is 2.30. The lowest BCUT2D eigenvalue weighted by Gasteiger charge is -2.33. The first-order chi connectivity index (χ1) is 12.9. The average Bonchev–Trinajstić information content (AvgIpc) is 2.68. The Balaban J connectivity index is 1.69. The van der Waals surface area contributed by atoms with Crippen LogP contribution in [0, 0.1) is 5.92 Å². The molecule has 5 nitrogen and oxygen atoms in total. The van der Waals surface area contributed by atoms with Gasteiger partial charge in [-0.05, 0) is 18.4 Å². The topological polar surface area (TPSA) is 58.1 Å². The third-order valence-corrected chi connectivity index (χ3v) is 4.62. The quantitative estimate of drug-likeness (QED) is 0.865. The molecule has 0 radical (unpaired) electrons. The number of amides is 1. The molecular formula is C19H21F3N4O. The maximum atomic E-state index is 13.0. The van der Waals surface area contributed by atoms with E-state index >= 15 is 0 Å². The van der Waals surface area contributed by atoms with Crippen LogP contribution >= 0.6 is 0 Å². The van der Waals surface area contributed by atoms with Crippen LogP contribution in [0.5, 0.6) is 0 Å².